The Hall–Kier alpha value is -2.62. The highest BCUT2D eigenvalue weighted by molar-refractivity contribution is 7.91. The molecule has 1 aliphatic heterocycles. The van der Waals surface area contributed by atoms with E-state index in [1.54, 1.807) is 36.4 Å². The number of benzene rings is 1. The zero-order valence-electron chi connectivity index (χ0n) is 16.8. The van der Waals surface area contributed by atoms with E-state index in [1.807, 2.05) is 6.92 Å². The summed E-state index contributed by atoms with van der Waals surface area (Å²) in [6, 6.07) is 10.0. The Morgan fingerprint density at radius 2 is 1.90 bits per heavy atom. The molecular formula is C21H25N3O5S. The first kappa shape index (κ1) is 20.6. The minimum atomic E-state index is -3.85. The standard InChI is InChI=1S/C21H25N3O5S/c1-16-5-7-17(8-6-16)30(25,26)21-20(29-19(23-21)18-4-2-13-28-18)22-9-3-10-24-11-14-27-15-12-24/h2,4-8,13,22H,3,9-12,14-15H2,1H3. The minimum absolute atomic E-state index is 0.126. The van der Waals surface area contributed by atoms with Crippen LogP contribution in [-0.4, -0.2) is 57.7 Å². The lowest BCUT2D eigenvalue weighted by Crippen LogP contribution is -2.37. The number of nitrogens with zero attached hydrogens (tertiary/aromatic N) is 2. The van der Waals surface area contributed by atoms with Gasteiger partial charge in [0.25, 0.3) is 5.89 Å². The van der Waals surface area contributed by atoms with Crippen LogP contribution >= 0.6 is 0 Å². The second-order valence-electron chi connectivity index (χ2n) is 7.18. The normalized spacial score (nSPS) is 15.4. The number of ether oxygens (including phenoxy) is 1. The number of aryl methyl sites for hydroxylation is 1. The van der Waals surface area contributed by atoms with E-state index >= 15 is 0 Å². The molecule has 9 heteroatoms. The van der Waals surface area contributed by atoms with E-state index in [-0.39, 0.29) is 21.7 Å². The first-order valence-corrected chi connectivity index (χ1v) is 11.4. The molecule has 1 N–H and O–H groups in total. The molecule has 160 valence electrons. The average molecular weight is 432 g/mol. The van der Waals surface area contributed by atoms with Crippen LogP contribution in [0.25, 0.3) is 11.7 Å². The van der Waals surface area contributed by atoms with Gasteiger partial charge < -0.3 is 18.9 Å². The van der Waals surface area contributed by atoms with Gasteiger partial charge >= 0.3 is 0 Å². The smallest absolute Gasteiger partial charge is 0.266 e. The van der Waals surface area contributed by atoms with E-state index in [9.17, 15) is 8.42 Å². The molecule has 0 atom stereocenters. The number of furan rings is 1. The van der Waals surface area contributed by atoms with E-state index in [4.69, 9.17) is 13.6 Å². The lowest BCUT2D eigenvalue weighted by Gasteiger charge is -2.26. The lowest BCUT2D eigenvalue weighted by atomic mass is 10.2. The molecule has 0 radical (unpaired) electrons. The zero-order chi connectivity index (χ0) is 21.0. The maximum absolute atomic E-state index is 13.2. The molecular weight excluding hydrogens is 406 g/mol. The van der Waals surface area contributed by atoms with E-state index in [2.05, 4.69) is 15.2 Å². The molecule has 1 aromatic carbocycles. The Balaban J connectivity index is 1.54. The largest absolute Gasteiger partial charge is 0.459 e. The first-order chi connectivity index (χ1) is 14.5. The van der Waals surface area contributed by atoms with Crippen LogP contribution in [0.2, 0.25) is 0 Å². The number of rotatable bonds is 8. The monoisotopic (exact) mass is 431 g/mol. The van der Waals surface area contributed by atoms with Gasteiger partial charge in [0.15, 0.2) is 5.76 Å². The highest BCUT2D eigenvalue weighted by Gasteiger charge is 2.29. The summed E-state index contributed by atoms with van der Waals surface area (Å²) < 4.78 is 42.9. The summed E-state index contributed by atoms with van der Waals surface area (Å²) in [6.07, 6.45) is 2.32. The molecule has 30 heavy (non-hydrogen) atoms. The van der Waals surface area contributed by atoms with Crippen molar-refractivity contribution in [3.8, 4) is 11.7 Å². The van der Waals surface area contributed by atoms with Crippen LogP contribution in [-0.2, 0) is 14.6 Å². The average Bonchev–Trinajstić information content (AvgIpc) is 3.42. The van der Waals surface area contributed by atoms with Gasteiger partial charge in [-0.15, -0.1) is 0 Å². The lowest BCUT2D eigenvalue weighted by molar-refractivity contribution is 0.0378. The maximum atomic E-state index is 13.2. The van der Waals surface area contributed by atoms with Crippen LogP contribution in [0.3, 0.4) is 0 Å². The third-order valence-corrected chi connectivity index (χ3v) is 6.63. The van der Waals surface area contributed by atoms with Crippen molar-refractivity contribution in [3.63, 3.8) is 0 Å². The Labute approximate surface area is 175 Å². The van der Waals surface area contributed by atoms with Crippen molar-refractivity contribution in [1.29, 1.82) is 0 Å². The molecule has 1 saturated heterocycles. The molecule has 0 amide bonds. The van der Waals surface area contributed by atoms with Crippen molar-refractivity contribution < 1.29 is 22.0 Å². The third kappa shape index (κ3) is 4.58. The second-order valence-corrected chi connectivity index (χ2v) is 9.05. The van der Waals surface area contributed by atoms with E-state index in [0.717, 1.165) is 44.8 Å². The van der Waals surface area contributed by atoms with Gasteiger partial charge in [-0.2, -0.15) is 4.98 Å². The zero-order valence-corrected chi connectivity index (χ0v) is 17.7. The molecule has 1 aliphatic rings. The molecule has 0 aliphatic carbocycles. The molecule has 0 saturated carbocycles. The Bertz CT molecular complexity index is 1050. The van der Waals surface area contributed by atoms with Crippen molar-refractivity contribution in [2.45, 2.75) is 23.3 Å². The number of morpholine rings is 1. The van der Waals surface area contributed by atoms with Crippen LogP contribution in [0.15, 0.2) is 61.4 Å². The van der Waals surface area contributed by atoms with Crippen LogP contribution in [0.4, 0.5) is 5.88 Å². The molecule has 8 nitrogen and oxygen atoms in total. The molecule has 3 aromatic rings. The molecule has 0 unspecified atom stereocenters. The predicted octanol–water partition coefficient (Wildman–Crippen LogP) is 3.21. The quantitative estimate of drug-likeness (QED) is 0.543. The van der Waals surface area contributed by atoms with Gasteiger partial charge in [-0.05, 0) is 44.2 Å². The number of sulfone groups is 1. The minimum Gasteiger partial charge on any atom is -0.459 e. The Morgan fingerprint density at radius 3 is 2.60 bits per heavy atom. The number of aromatic nitrogens is 1. The van der Waals surface area contributed by atoms with Crippen molar-refractivity contribution in [1.82, 2.24) is 9.88 Å². The summed E-state index contributed by atoms with van der Waals surface area (Å²) in [4.78, 5) is 6.75. The highest BCUT2D eigenvalue weighted by atomic mass is 32.2. The van der Waals surface area contributed by atoms with Gasteiger partial charge in [0.2, 0.25) is 20.7 Å². The van der Waals surface area contributed by atoms with Crippen LogP contribution in [0.5, 0.6) is 0 Å². The van der Waals surface area contributed by atoms with Crippen molar-refractivity contribution in [2.24, 2.45) is 0 Å². The number of oxazole rings is 1. The molecule has 4 rings (SSSR count). The van der Waals surface area contributed by atoms with Gasteiger partial charge in [-0.3, -0.25) is 4.90 Å². The van der Waals surface area contributed by atoms with Crippen molar-refractivity contribution >= 4 is 15.7 Å². The fourth-order valence-corrected chi connectivity index (χ4v) is 4.54. The number of anilines is 1. The van der Waals surface area contributed by atoms with Gasteiger partial charge in [0.05, 0.1) is 24.4 Å². The first-order valence-electron chi connectivity index (χ1n) is 9.94. The Morgan fingerprint density at radius 1 is 1.13 bits per heavy atom. The van der Waals surface area contributed by atoms with Crippen LogP contribution < -0.4 is 5.32 Å². The highest BCUT2D eigenvalue weighted by Crippen LogP contribution is 2.32. The molecule has 0 spiro atoms. The molecule has 3 heterocycles. The van der Waals surface area contributed by atoms with Gasteiger partial charge in [0, 0.05) is 19.6 Å². The van der Waals surface area contributed by atoms with Gasteiger partial charge in [0.1, 0.15) is 0 Å². The van der Waals surface area contributed by atoms with E-state index in [1.165, 1.54) is 6.26 Å². The van der Waals surface area contributed by atoms with Crippen molar-refractivity contribution in [2.75, 3.05) is 44.7 Å². The number of hydrogen-bond acceptors (Lipinski definition) is 8. The summed E-state index contributed by atoms with van der Waals surface area (Å²) in [6.45, 7) is 6.69. The summed E-state index contributed by atoms with van der Waals surface area (Å²) in [5, 5.41) is 2.98. The second kappa shape index (κ2) is 9.03. The summed E-state index contributed by atoms with van der Waals surface area (Å²) in [5.74, 6) is 0.627. The van der Waals surface area contributed by atoms with Gasteiger partial charge in [-0.25, -0.2) is 8.42 Å². The Kier molecular flexibility index (Phi) is 6.21. The van der Waals surface area contributed by atoms with Crippen LogP contribution in [0, 0.1) is 6.92 Å². The SMILES string of the molecule is Cc1ccc(S(=O)(=O)c2nc(-c3ccco3)oc2NCCCN2CCOCC2)cc1. The van der Waals surface area contributed by atoms with Crippen molar-refractivity contribution in [3.05, 3.63) is 48.2 Å². The van der Waals surface area contributed by atoms with E-state index in [0.29, 0.717) is 12.3 Å². The number of hydrogen-bond donors (Lipinski definition) is 1. The van der Waals surface area contributed by atoms with Gasteiger partial charge in [-0.1, -0.05) is 17.7 Å². The fraction of sp³-hybridized carbons (Fsp3) is 0.381. The maximum Gasteiger partial charge on any atom is 0.266 e. The predicted molar refractivity (Wildman–Crippen MR) is 111 cm³/mol. The summed E-state index contributed by atoms with van der Waals surface area (Å²) in [7, 11) is -3.85. The molecule has 0 bridgehead atoms. The van der Waals surface area contributed by atoms with Crippen LogP contribution in [0.1, 0.15) is 12.0 Å². The molecule has 2 aromatic heterocycles. The topological polar surface area (TPSA) is 97.8 Å². The van der Waals surface area contributed by atoms with E-state index < -0.39 is 9.84 Å². The summed E-state index contributed by atoms with van der Waals surface area (Å²) in [5.41, 5.74) is 0.979. The third-order valence-electron chi connectivity index (χ3n) is 4.95. The fourth-order valence-electron chi connectivity index (χ4n) is 3.26. The number of nitrogens with one attached hydrogen (secondary N) is 1. The molecule has 1 fully saturated rings. The summed E-state index contributed by atoms with van der Waals surface area (Å²) >= 11 is 0.